The summed E-state index contributed by atoms with van der Waals surface area (Å²) in [4.78, 5) is 0. The monoisotopic (exact) mass is 231 g/mol. The molecular formula is C8H8I. The lowest BCUT2D eigenvalue weighted by Gasteiger charge is -1.93. The van der Waals surface area contributed by atoms with Crippen LogP contribution in [0.1, 0.15) is 12.5 Å². The predicted octanol–water partition coefficient (Wildman–Crippen LogP) is 2.86. The Balaban J connectivity index is 2.94. The summed E-state index contributed by atoms with van der Waals surface area (Å²) in [5, 5.41) is 0. The molecule has 0 N–H and O–H groups in total. The maximum absolute atomic E-state index is 2.31. The SMILES string of the molecule is C[CH]c1cccc(I)c1. The lowest BCUT2D eigenvalue weighted by Crippen LogP contribution is -1.76. The summed E-state index contributed by atoms with van der Waals surface area (Å²) in [5.41, 5.74) is 1.29. The number of hydrogen-bond acceptors (Lipinski definition) is 0. The lowest BCUT2D eigenvalue weighted by atomic mass is 10.2. The van der Waals surface area contributed by atoms with Gasteiger partial charge in [-0.3, -0.25) is 0 Å². The number of rotatable bonds is 1. The molecule has 0 aliphatic heterocycles. The fourth-order valence-electron chi connectivity index (χ4n) is 0.686. The Morgan fingerprint density at radius 2 is 2.22 bits per heavy atom. The van der Waals surface area contributed by atoms with E-state index < -0.39 is 0 Å². The van der Waals surface area contributed by atoms with Crippen molar-refractivity contribution in [2.45, 2.75) is 6.92 Å². The molecule has 0 aromatic heterocycles. The van der Waals surface area contributed by atoms with Crippen molar-refractivity contribution in [2.75, 3.05) is 0 Å². The average Bonchev–Trinajstić information content (AvgIpc) is 1.88. The van der Waals surface area contributed by atoms with Crippen LogP contribution in [0.2, 0.25) is 0 Å². The summed E-state index contributed by atoms with van der Waals surface area (Å²) >= 11 is 2.31. The average molecular weight is 231 g/mol. The minimum Gasteiger partial charge on any atom is -0.0609 e. The first-order chi connectivity index (χ1) is 4.33. The van der Waals surface area contributed by atoms with Crippen LogP contribution in [0.25, 0.3) is 0 Å². The summed E-state index contributed by atoms with van der Waals surface area (Å²) < 4.78 is 1.29. The van der Waals surface area contributed by atoms with Crippen molar-refractivity contribution in [1.82, 2.24) is 0 Å². The van der Waals surface area contributed by atoms with Crippen LogP contribution in [-0.4, -0.2) is 0 Å². The quantitative estimate of drug-likeness (QED) is 0.652. The Bertz CT molecular complexity index is 194. The Hall–Kier alpha value is -0.0500. The van der Waals surface area contributed by atoms with Crippen LogP contribution < -0.4 is 0 Å². The smallest absolute Gasteiger partial charge is 0.0133 e. The first-order valence-corrected chi connectivity index (χ1v) is 3.96. The van der Waals surface area contributed by atoms with E-state index in [0.717, 1.165) is 0 Å². The molecular weight excluding hydrogens is 223 g/mol. The third kappa shape index (κ3) is 1.97. The van der Waals surface area contributed by atoms with Gasteiger partial charge in [-0.05, 0) is 46.7 Å². The molecule has 1 heteroatoms. The molecule has 0 saturated heterocycles. The van der Waals surface area contributed by atoms with Crippen molar-refractivity contribution in [1.29, 1.82) is 0 Å². The number of halogens is 1. The highest BCUT2D eigenvalue weighted by Gasteiger charge is 1.87. The molecule has 1 rings (SSSR count). The van der Waals surface area contributed by atoms with Gasteiger partial charge < -0.3 is 0 Å². The van der Waals surface area contributed by atoms with E-state index in [4.69, 9.17) is 0 Å². The molecule has 1 radical (unpaired) electrons. The van der Waals surface area contributed by atoms with Crippen molar-refractivity contribution in [3.63, 3.8) is 0 Å². The van der Waals surface area contributed by atoms with Gasteiger partial charge in [-0.1, -0.05) is 19.1 Å². The molecule has 0 saturated carbocycles. The van der Waals surface area contributed by atoms with Gasteiger partial charge in [-0.15, -0.1) is 0 Å². The molecule has 1 aromatic carbocycles. The third-order valence-corrected chi connectivity index (χ3v) is 1.85. The van der Waals surface area contributed by atoms with Gasteiger partial charge in [-0.25, -0.2) is 0 Å². The van der Waals surface area contributed by atoms with E-state index in [1.165, 1.54) is 9.13 Å². The fraction of sp³-hybridized carbons (Fsp3) is 0.125. The Labute approximate surface area is 69.4 Å². The molecule has 0 unspecified atom stereocenters. The second-order valence-electron chi connectivity index (χ2n) is 1.84. The molecule has 0 aliphatic rings. The zero-order valence-electron chi connectivity index (χ0n) is 5.26. The van der Waals surface area contributed by atoms with Gasteiger partial charge in [0.15, 0.2) is 0 Å². The second kappa shape index (κ2) is 3.20. The summed E-state index contributed by atoms with van der Waals surface area (Å²) in [7, 11) is 0. The Morgan fingerprint density at radius 1 is 1.44 bits per heavy atom. The summed E-state index contributed by atoms with van der Waals surface area (Å²) in [6, 6.07) is 8.41. The van der Waals surface area contributed by atoms with Gasteiger partial charge >= 0.3 is 0 Å². The molecule has 0 heterocycles. The van der Waals surface area contributed by atoms with Crippen molar-refractivity contribution in [2.24, 2.45) is 0 Å². The number of benzene rings is 1. The van der Waals surface area contributed by atoms with E-state index in [0.29, 0.717) is 0 Å². The number of hydrogen-bond donors (Lipinski definition) is 0. The highest BCUT2D eigenvalue weighted by Crippen LogP contribution is 2.08. The molecule has 9 heavy (non-hydrogen) atoms. The van der Waals surface area contributed by atoms with Gasteiger partial charge in [0.2, 0.25) is 0 Å². The Morgan fingerprint density at radius 3 is 2.67 bits per heavy atom. The van der Waals surface area contributed by atoms with E-state index in [2.05, 4.69) is 53.3 Å². The fourth-order valence-corrected chi connectivity index (χ4v) is 1.25. The minimum atomic E-state index is 1.29. The largest absolute Gasteiger partial charge is 0.0609 e. The van der Waals surface area contributed by atoms with Crippen LogP contribution >= 0.6 is 22.6 Å². The van der Waals surface area contributed by atoms with Gasteiger partial charge in [0, 0.05) is 3.57 Å². The standard InChI is InChI=1S/C8H8I/c1-2-7-4-3-5-8(9)6-7/h2-6H,1H3. The van der Waals surface area contributed by atoms with E-state index >= 15 is 0 Å². The van der Waals surface area contributed by atoms with E-state index in [-0.39, 0.29) is 0 Å². The zero-order valence-corrected chi connectivity index (χ0v) is 7.42. The second-order valence-corrected chi connectivity index (χ2v) is 3.09. The topological polar surface area (TPSA) is 0 Å². The Kier molecular flexibility index (Phi) is 2.51. The highest BCUT2D eigenvalue weighted by molar-refractivity contribution is 14.1. The van der Waals surface area contributed by atoms with Gasteiger partial charge in [0.25, 0.3) is 0 Å². The summed E-state index contributed by atoms with van der Waals surface area (Å²) in [6.07, 6.45) is 2.10. The highest BCUT2D eigenvalue weighted by atomic mass is 127. The molecule has 47 valence electrons. The van der Waals surface area contributed by atoms with Crippen LogP contribution in [0.4, 0.5) is 0 Å². The van der Waals surface area contributed by atoms with Crippen molar-refractivity contribution in [3.05, 3.63) is 39.8 Å². The van der Waals surface area contributed by atoms with Gasteiger partial charge in [-0.2, -0.15) is 0 Å². The maximum atomic E-state index is 2.31. The molecule has 0 spiro atoms. The van der Waals surface area contributed by atoms with Gasteiger partial charge in [0.05, 0.1) is 0 Å². The molecule has 1 aromatic rings. The third-order valence-electron chi connectivity index (χ3n) is 1.18. The van der Waals surface area contributed by atoms with Crippen LogP contribution in [0.5, 0.6) is 0 Å². The normalized spacial score (nSPS) is 9.56. The molecule has 0 bridgehead atoms. The maximum Gasteiger partial charge on any atom is 0.0133 e. The van der Waals surface area contributed by atoms with Crippen LogP contribution in [0.15, 0.2) is 24.3 Å². The van der Waals surface area contributed by atoms with Crippen molar-refractivity contribution >= 4 is 22.6 Å². The molecule has 0 nitrogen and oxygen atoms in total. The van der Waals surface area contributed by atoms with Crippen LogP contribution in [0.3, 0.4) is 0 Å². The zero-order chi connectivity index (χ0) is 6.69. The molecule has 0 amide bonds. The van der Waals surface area contributed by atoms with E-state index in [1.54, 1.807) is 0 Å². The predicted molar refractivity (Wildman–Crippen MR) is 48.2 cm³/mol. The minimum absolute atomic E-state index is 1.29. The lowest BCUT2D eigenvalue weighted by molar-refractivity contribution is 1.41. The van der Waals surface area contributed by atoms with E-state index in [1.807, 2.05) is 6.92 Å². The van der Waals surface area contributed by atoms with Crippen molar-refractivity contribution in [3.8, 4) is 0 Å². The molecule has 0 aliphatic carbocycles. The van der Waals surface area contributed by atoms with Crippen LogP contribution in [-0.2, 0) is 0 Å². The van der Waals surface area contributed by atoms with Crippen molar-refractivity contribution < 1.29 is 0 Å². The first-order valence-electron chi connectivity index (χ1n) is 2.88. The molecule has 0 fully saturated rings. The summed E-state index contributed by atoms with van der Waals surface area (Å²) in [6.45, 7) is 2.05. The van der Waals surface area contributed by atoms with E-state index in [9.17, 15) is 0 Å². The van der Waals surface area contributed by atoms with Gasteiger partial charge in [0.1, 0.15) is 0 Å². The van der Waals surface area contributed by atoms with Crippen LogP contribution in [0, 0.1) is 9.99 Å². The first kappa shape index (κ1) is 7.06. The summed E-state index contributed by atoms with van der Waals surface area (Å²) in [5.74, 6) is 0. The molecule has 0 atom stereocenters.